The number of hydrogen-bond acceptors (Lipinski definition) is 2. The van der Waals surface area contributed by atoms with Gasteiger partial charge in [0, 0.05) is 18.1 Å². The molecule has 2 heteroatoms. The van der Waals surface area contributed by atoms with Gasteiger partial charge < -0.3 is 5.32 Å². The third-order valence-corrected chi connectivity index (χ3v) is 4.19. The van der Waals surface area contributed by atoms with Crippen molar-refractivity contribution in [3.8, 4) is 0 Å². The van der Waals surface area contributed by atoms with Crippen molar-refractivity contribution in [3.05, 3.63) is 0 Å². The minimum absolute atomic E-state index is 0.445. The molecule has 0 radical (unpaired) electrons. The molecular formula is C14H30N2. The monoisotopic (exact) mass is 226 g/mol. The summed E-state index contributed by atoms with van der Waals surface area (Å²) in [6.45, 7) is 13.0. The SMILES string of the molecule is CCCN(C(C)C)C1CCC(C)(C)C1NC. The Labute approximate surface area is 102 Å². The highest BCUT2D eigenvalue weighted by atomic mass is 15.2. The number of hydrogen-bond donors (Lipinski definition) is 1. The van der Waals surface area contributed by atoms with Crippen LogP contribution in [0, 0.1) is 5.41 Å². The lowest BCUT2D eigenvalue weighted by Crippen LogP contribution is -2.52. The van der Waals surface area contributed by atoms with E-state index in [1.807, 2.05) is 0 Å². The Kier molecular flexibility index (Phi) is 4.81. The largest absolute Gasteiger partial charge is 0.315 e. The van der Waals surface area contributed by atoms with Gasteiger partial charge in [0.25, 0.3) is 0 Å². The fourth-order valence-corrected chi connectivity index (χ4v) is 3.37. The lowest BCUT2D eigenvalue weighted by molar-refractivity contribution is 0.117. The van der Waals surface area contributed by atoms with Crippen molar-refractivity contribution < 1.29 is 0 Å². The summed E-state index contributed by atoms with van der Waals surface area (Å²) in [7, 11) is 2.12. The standard InChI is InChI=1S/C14H30N2/c1-7-10-16(11(2)3)12-8-9-14(4,5)13(12)15-6/h11-13,15H,7-10H2,1-6H3. The van der Waals surface area contributed by atoms with Crippen LogP contribution in [0.3, 0.4) is 0 Å². The molecule has 0 aromatic carbocycles. The molecular weight excluding hydrogens is 196 g/mol. The summed E-state index contributed by atoms with van der Waals surface area (Å²) >= 11 is 0. The summed E-state index contributed by atoms with van der Waals surface area (Å²) in [5.74, 6) is 0. The van der Waals surface area contributed by atoms with Crippen LogP contribution in [0.25, 0.3) is 0 Å². The molecule has 0 amide bonds. The molecule has 0 aromatic rings. The number of rotatable bonds is 5. The molecule has 1 N–H and O–H groups in total. The third-order valence-electron chi connectivity index (χ3n) is 4.19. The smallest absolute Gasteiger partial charge is 0.0271 e. The van der Waals surface area contributed by atoms with Crippen LogP contribution in [0.2, 0.25) is 0 Å². The fourth-order valence-electron chi connectivity index (χ4n) is 3.37. The highest BCUT2D eigenvalue weighted by Crippen LogP contribution is 2.40. The minimum atomic E-state index is 0.445. The van der Waals surface area contributed by atoms with Gasteiger partial charge in [-0.25, -0.2) is 0 Å². The Morgan fingerprint density at radius 3 is 2.44 bits per heavy atom. The maximum Gasteiger partial charge on any atom is 0.0271 e. The molecule has 16 heavy (non-hydrogen) atoms. The lowest BCUT2D eigenvalue weighted by Gasteiger charge is -2.39. The van der Waals surface area contributed by atoms with Crippen molar-refractivity contribution in [3.63, 3.8) is 0 Å². The van der Waals surface area contributed by atoms with E-state index in [0.29, 0.717) is 17.5 Å². The molecule has 1 aliphatic carbocycles. The second-order valence-corrected chi connectivity index (χ2v) is 6.19. The first-order chi connectivity index (χ1) is 7.44. The molecule has 2 nitrogen and oxygen atoms in total. The molecule has 1 saturated carbocycles. The van der Waals surface area contributed by atoms with E-state index < -0.39 is 0 Å². The van der Waals surface area contributed by atoms with E-state index in [1.54, 1.807) is 0 Å². The van der Waals surface area contributed by atoms with Crippen LogP contribution in [-0.2, 0) is 0 Å². The molecule has 0 bridgehead atoms. The van der Waals surface area contributed by atoms with E-state index in [1.165, 1.54) is 25.8 Å². The van der Waals surface area contributed by atoms with Crippen LogP contribution in [0.5, 0.6) is 0 Å². The Morgan fingerprint density at radius 1 is 1.38 bits per heavy atom. The molecule has 0 heterocycles. The van der Waals surface area contributed by atoms with Crippen LogP contribution >= 0.6 is 0 Å². The number of nitrogens with zero attached hydrogens (tertiary/aromatic N) is 1. The molecule has 0 aliphatic heterocycles. The first kappa shape index (κ1) is 14.0. The molecule has 96 valence electrons. The zero-order valence-electron chi connectivity index (χ0n) is 12.0. The zero-order chi connectivity index (χ0) is 12.3. The van der Waals surface area contributed by atoms with E-state index in [9.17, 15) is 0 Å². The van der Waals surface area contributed by atoms with Crippen molar-refractivity contribution in [1.82, 2.24) is 10.2 Å². The van der Waals surface area contributed by atoms with Crippen LogP contribution in [0.4, 0.5) is 0 Å². The first-order valence-corrected chi connectivity index (χ1v) is 6.87. The average molecular weight is 226 g/mol. The quantitative estimate of drug-likeness (QED) is 0.775. The highest BCUT2D eigenvalue weighted by Gasteiger charge is 2.43. The van der Waals surface area contributed by atoms with Crippen molar-refractivity contribution in [2.75, 3.05) is 13.6 Å². The molecule has 0 saturated heterocycles. The van der Waals surface area contributed by atoms with E-state index in [4.69, 9.17) is 0 Å². The predicted octanol–water partition coefficient (Wildman–Crippen LogP) is 2.88. The Morgan fingerprint density at radius 2 is 2.00 bits per heavy atom. The summed E-state index contributed by atoms with van der Waals surface area (Å²) < 4.78 is 0. The first-order valence-electron chi connectivity index (χ1n) is 6.87. The van der Waals surface area contributed by atoms with E-state index in [-0.39, 0.29) is 0 Å². The van der Waals surface area contributed by atoms with Crippen LogP contribution in [0.15, 0.2) is 0 Å². The van der Waals surface area contributed by atoms with Crippen LogP contribution < -0.4 is 5.32 Å². The number of nitrogens with one attached hydrogen (secondary N) is 1. The topological polar surface area (TPSA) is 15.3 Å². The Hall–Kier alpha value is -0.0800. The fraction of sp³-hybridized carbons (Fsp3) is 1.00. The summed E-state index contributed by atoms with van der Waals surface area (Å²) in [6.07, 6.45) is 3.94. The molecule has 0 spiro atoms. The zero-order valence-corrected chi connectivity index (χ0v) is 12.0. The summed E-state index contributed by atoms with van der Waals surface area (Å²) in [6, 6.07) is 2.02. The number of likely N-dealkylation sites (N-methyl/N-ethyl adjacent to an activating group) is 1. The van der Waals surface area contributed by atoms with Gasteiger partial charge >= 0.3 is 0 Å². The highest BCUT2D eigenvalue weighted by molar-refractivity contribution is 5.00. The van der Waals surface area contributed by atoms with Gasteiger partial charge in [-0.3, -0.25) is 4.90 Å². The summed E-state index contributed by atoms with van der Waals surface area (Å²) in [5, 5.41) is 3.56. The second kappa shape index (κ2) is 5.50. The minimum Gasteiger partial charge on any atom is -0.315 e. The maximum absolute atomic E-state index is 3.56. The van der Waals surface area contributed by atoms with Gasteiger partial charge in [-0.2, -0.15) is 0 Å². The normalized spacial score (nSPS) is 29.2. The lowest BCUT2D eigenvalue weighted by atomic mass is 9.86. The third kappa shape index (κ3) is 2.78. The molecule has 1 aliphatic rings. The van der Waals surface area contributed by atoms with Gasteiger partial charge in [-0.1, -0.05) is 20.8 Å². The molecule has 2 atom stereocenters. The van der Waals surface area contributed by atoms with Crippen molar-refractivity contribution in [1.29, 1.82) is 0 Å². The predicted molar refractivity (Wildman–Crippen MR) is 71.8 cm³/mol. The van der Waals surface area contributed by atoms with Gasteiger partial charge in [0.05, 0.1) is 0 Å². The Bertz CT molecular complexity index is 211. The second-order valence-electron chi connectivity index (χ2n) is 6.19. The molecule has 1 rings (SSSR count). The summed E-state index contributed by atoms with van der Waals surface area (Å²) in [4.78, 5) is 2.69. The Balaban J connectivity index is 2.77. The molecule has 2 unspecified atom stereocenters. The van der Waals surface area contributed by atoms with Gasteiger partial charge in [-0.15, -0.1) is 0 Å². The maximum atomic E-state index is 3.56. The van der Waals surface area contributed by atoms with Gasteiger partial charge in [0.2, 0.25) is 0 Å². The molecule has 1 fully saturated rings. The summed E-state index contributed by atoms with van der Waals surface area (Å²) in [5.41, 5.74) is 0.445. The molecule has 0 aromatic heterocycles. The van der Waals surface area contributed by atoms with E-state index >= 15 is 0 Å². The van der Waals surface area contributed by atoms with Crippen LogP contribution in [-0.4, -0.2) is 36.6 Å². The average Bonchev–Trinajstić information content (AvgIpc) is 2.49. The van der Waals surface area contributed by atoms with Crippen molar-refractivity contribution in [2.24, 2.45) is 5.41 Å². The van der Waals surface area contributed by atoms with Gasteiger partial charge in [0.1, 0.15) is 0 Å². The van der Waals surface area contributed by atoms with Gasteiger partial charge in [0.15, 0.2) is 0 Å². The van der Waals surface area contributed by atoms with Gasteiger partial charge in [-0.05, 0) is 52.1 Å². The van der Waals surface area contributed by atoms with Crippen molar-refractivity contribution >= 4 is 0 Å². The van der Waals surface area contributed by atoms with Crippen LogP contribution in [0.1, 0.15) is 53.9 Å². The van der Waals surface area contributed by atoms with E-state index in [0.717, 1.165) is 6.04 Å². The van der Waals surface area contributed by atoms with Crippen molar-refractivity contribution in [2.45, 2.75) is 72.0 Å². The van der Waals surface area contributed by atoms with E-state index in [2.05, 4.69) is 51.9 Å².